The molecule has 0 bridgehead atoms. The number of carbonyl (C=O) groups is 2. The number of carbonyl (C=O) groups excluding carboxylic acids is 2. The molecule has 0 aromatic carbocycles. The van der Waals surface area contributed by atoms with Crippen molar-refractivity contribution in [3.8, 4) is 0 Å². The summed E-state index contributed by atoms with van der Waals surface area (Å²) in [7, 11) is 0. The molecule has 2 aliphatic rings. The molecule has 5 heteroatoms. The summed E-state index contributed by atoms with van der Waals surface area (Å²) in [6, 6.07) is 0. The molecule has 1 aliphatic heterocycles. The molecule has 1 heterocycles. The molecule has 100 valence electrons. The Morgan fingerprint density at radius 1 is 1.11 bits per heavy atom. The van der Waals surface area contributed by atoms with E-state index in [2.05, 4.69) is 0 Å². The molecule has 18 heavy (non-hydrogen) atoms. The van der Waals surface area contributed by atoms with Crippen LogP contribution in [0.2, 0.25) is 0 Å². The van der Waals surface area contributed by atoms with Gasteiger partial charge >= 0.3 is 11.9 Å². The summed E-state index contributed by atoms with van der Waals surface area (Å²) in [6.45, 7) is 2.97. The Morgan fingerprint density at radius 3 is 2.11 bits per heavy atom. The molecule has 0 aromatic rings. The molecule has 0 spiro atoms. The highest BCUT2D eigenvalue weighted by molar-refractivity contribution is 6.15. The number of hydrogen-bond acceptors (Lipinski definition) is 5. The number of esters is 2. The third-order valence-electron chi connectivity index (χ3n) is 3.33. The second-order valence-corrected chi connectivity index (χ2v) is 5.27. The van der Waals surface area contributed by atoms with Crippen molar-refractivity contribution in [3.63, 3.8) is 0 Å². The molecule has 1 N–H and O–H groups in total. The fourth-order valence-electron chi connectivity index (χ4n) is 2.44. The molecule has 1 aliphatic carbocycles. The van der Waals surface area contributed by atoms with Crippen LogP contribution >= 0.6 is 0 Å². The largest absolute Gasteiger partial charge is 0.511 e. The average Bonchev–Trinajstić information content (AvgIpc) is 2.27. The van der Waals surface area contributed by atoms with Gasteiger partial charge in [0.2, 0.25) is 0 Å². The molecule has 0 amide bonds. The Labute approximate surface area is 106 Å². The van der Waals surface area contributed by atoms with Gasteiger partial charge in [-0.2, -0.15) is 0 Å². The zero-order chi connectivity index (χ0) is 13.3. The van der Waals surface area contributed by atoms with Gasteiger partial charge in [-0.3, -0.25) is 0 Å². The average molecular weight is 254 g/mol. The zero-order valence-corrected chi connectivity index (χ0v) is 10.7. The van der Waals surface area contributed by atoms with Crippen LogP contribution in [0.4, 0.5) is 0 Å². The number of ether oxygens (including phenoxy) is 2. The maximum absolute atomic E-state index is 11.8. The summed E-state index contributed by atoms with van der Waals surface area (Å²) in [6.07, 6.45) is 4.70. The fraction of sp³-hybridized carbons (Fsp3) is 0.692. The summed E-state index contributed by atoms with van der Waals surface area (Å²) in [5, 5.41) is 10.1. The van der Waals surface area contributed by atoms with E-state index in [4.69, 9.17) is 9.47 Å². The van der Waals surface area contributed by atoms with Gasteiger partial charge in [-0.05, 0) is 12.8 Å². The topological polar surface area (TPSA) is 72.8 Å². The minimum absolute atomic E-state index is 0.130. The van der Waals surface area contributed by atoms with Crippen LogP contribution in [0, 0.1) is 5.92 Å². The SMILES string of the molecule is CC1(C)OC(=O)C(=C(O)C2CCCCC2)C(=O)O1. The molecule has 0 atom stereocenters. The number of cyclic esters (lactones) is 2. The van der Waals surface area contributed by atoms with Crippen LogP contribution in [0.15, 0.2) is 11.3 Å². The molecule has 1 saturated carbocycles. The van der Waals surface area contributed by atoms with Gasteiger partial charge in [0.25, 0.3) is 5.79 Å². The molecule has 2 rings (SSSR count). The summed E-state index contributed by atoms with van der Waals surface area (Å²) in [4.78, 5) is 23.5. The summed E-state index contributed by atoms with van der Waals surface area (Å²) >= 11 is 0. The van der Waals surface area contributed by atoms with Gasteiger partial charge < -0.3 is 14.6 Å². The van der Waals surface area contributed by atoms with Crippen molar-refractivity contribution in [3.05, 3.63) is 11.3 Å². The van der Waals surface area contributed by atoms with E-state index in [1.165, 1.54) is 13.8 Å². The number of rotatable bonds is 1. The van der Waals surface area contributed by atoms with Gasteiger partial charge in [0.1, 0.15) is 5.76 Å². The minimum Gasteiger partial charge on any atom is -0.511 e. The van der Waals surface area contributed by atoms with E-state index in [1.807, 2.05) is 0 Å². The lowest BCUT2D eigenvalue weighted by molar-refractivity contribution is -0.222. The van der Waals surface area contributed by atoms with Gasteiger partial charge in [0.15, 0.2) is 5.57 Å². The molecule has 0 unspecified atom stereocenters. The van der Waals surface area contributed by atoms with Gasteiger partial charge in [-0.25, -0.2) is 9.59 Å². The van der Waals surface area contributed by atoms with Crippen LogP contribution < -0.4 is 0 Å². The van der Waals surface area contributed by atoms with Gasteiger partial charge in [-0.15, -0.1) is 0 Å². The maximum Gasteiger partial charge on any atom is 0.352 e. The highest BCUT2D eigenvalue weighted by atomic mass is 16.7. The Kier molecular flexibility index (Phi) is 3.32. The van der Waals surface area contributed by atoms with Crippen molar-refractivity contribution in [2.45, 2.75) is 51.7 Å². The minimum atomic E-state index is -1.26. The van der Waals surface area contributed by atoms with E-state index in [0.29, 0.717) is 0 Å². The van der Waals surface area contributed by atoms with Crippen LogP contribution in [-0.2, 0) is 19.1 Å². The number of hydrogen-bond donors (Lipinski definition) is 1. The van der Waals surface area contributed by atoms with E-state index >= 15 is 0 Å². The molecule has 2 fully saturated rings. The molecule has 5 nitrogen and oxygen atoms in total. The molecular weight excluding hydrogens is 236 g/mol. The molecular formula is C13H18O5. The Balaban J connectivity index is 2.25. The second kappa shape index (κ2) is 4.63. The van der Waals surface area contributed by atoms with E-state index in [0.717, 1.165) is 32.1 Å². The Morgan fingerprint density at radius 2 is 1.61 bits per heavy atom. The quantitative estimate of drug-likeness (QED) is 0.336. The van der Waals surface area contributed by atoms with E-state index in [-0.39, 0.29) is 17.3 Å². The predicted octanol–water partition coefficient (Wildman–Crippen LogP) is 2.21. The van der Waals surface area contributed by atoms with Gasteiger partial charge in [-0.1, -0.05) is 19.3 Å². The summed E-state index contributed by atoms with van der Waals surface area (Å²) < 4.78 is 9.94. The Bertz CT molecular complexity index is 380. The zero-order valence-electron chi connectivity index (χ0n) is 10.7. The summed E-state index contributed by atoms with van der Waals surface area (Å²) in [5.41, 5.74) is -0.332. The highest BCUT2D eigenvalue weighted by Crippen LogP contribution is 2.33. The monoisotopic (exact) mass is 254 g/mol. The third kappa shape index (κ3) is 2.49. The lowest BCUT2D eigenvalue weighted by atomic mass is 9.86. The second-order valence-electron chi connectivity index (χ2n) is 5.27. The van der Waals surface area contributed by atoms with Crippen LogP contribution in [0.25, 0.3) is 0 Å². The molecule has 0 aromatic heterocycles. The lowest BCUT2D eigenvalue weighted by Crippen LogP contribution is -2.42. The normalized spacial score (nSPS) is 24.4. The smallest absolute Gasteiger partial charge is 0.352 e. The van der Waals surface area contributed by atoms with Crippen LogP contribution in [0.1, 0.15) is 46.0 Å². The van der Waals surface area contributed by atoms with Gasteiger partial charge in [0.05, 0.1) is 0 Å². The first-order valence-electron chi connectivity index (χ1n) is 6.30. The fourth-order valence-corrected chi connectivity index (χ4v) is 2.44. The summed E-state index contributed by atoms with van der Waals surface area (Å²) in [5.74, 6) is -3.14. The van der Waals surface area contributed by atoms with E-state index in [1.54, 1.807) is 0 Å². The first kappa shape index (κ1) is 12.9. The van der Waals surface area contributed by atoms with Crippen molar-refractivity contribution < 1.29 is 24.2 Å². The number of allylic oxidation sites excluding steroid dienone is 1. The van der Waals surface area contributed by atoms with E-state index < -0.39 is 17.7 Å². The number of aliphatic hydroxyl groups excluding tert-OH is 1. The molecule has 0 radical (unpaired) electrons. The van der Waals surface area contributed by atoms with Crippen LogP contribution in [0.5, 0.6) is 0 Å². The standard InChI is InChI=1S/C13H18O5/c1-13(2)17-11(15)9(12(16)18-13)10(14)8-6-4-3-5-7-8/h8,14H,3-7H2,1-2H3. The first-order chi connectivity index (χ1) is 8.41. The van der Waals surface area contributed by atoms with Crippen molar-refractivity contribution in [1.82, 2.24) is 0 Å². The maximum atomic E-state index is 11.8. The predicted molar refractivity (Wildman–Crippen MR) is 62.5 cm³/mol. The Hall–Kier alpha value is -1.52. The van der Waals surface area contributed by atoms with Crippen molar-refractivity contribution in [2.24, 2.45) is 5.92 Å². The first-order valence-corrected chi connectivity index (χ1v) is 6.30. The van der Waals surface area contributed by atoms with Crippen molar-refractivity contribution in [1.29, 1.82) is 0 Å². The van der Waals surface area contributed by atoms with Gasteiger partial charge in [0, 0.05) is 19.8 Å². The van der Waals surface area contributed by atoms with Crippen molar-refractivity contribution in [2.75, 3.05) is 0 Å². The third-order valence-corrected chi connectivity index (χ3v) is 3.33. The van der Waals surface area contributed by atoms with Crippen LogP contribution in [0.3, 0.4) is 0 Å². The highest BCUT2D eigenvalue weighted by Gasteiger charge is 2.42. The van der Waals surface area contributed by atoms with E-state index in [9.17, 15) is 14.7 Å². The lowest BCUT2D eigenvalue weighted by Gasteiger charge is -2.31. The number of aliphatic hydroxyl groups is 1. The van der Waals surface area contributed by atoms with Crippen LogP contribution in [-0.4, -0.2) is 22.8 Å². The van der Waals surface area contributed by atoms with Crippen molar-refractivity contribution >= 4 is 11.9 Å². The molecule has 1 saturated heterocycles.